The van der Waals surface area contributed by atoms with Gasteiger partial charge in [-0.3, -0.25) is 9.59 Å². The van der Waals surface area contributed by atoms with Crippen LogP contribution >= 0.6 is 0 Å². The second-order valence-corrected chi connectivity index (χ2v) is 17.9. The smallest absolute Gasteiger partial charge is 0.305 e. The van der Waals surface area contributed by atoms with Crippen molar-refractivity contribution >= 4 is 11.9 Å². The lowest BCUT2D eigenvalue weighted by molar-refractivity contribution is -0.143. The van der Waals surface area contributed by atoms with Crippen molar-refractivity contribution < 1.29 is 24.5 Å². The van der Waals surface area contributed by atoms with Crippen molar-refractivity contribution in [1.82, 2.24) is 5.32 Å². The molecule has 6 heteroatoms. The van der Waals surface area contributed by atoms with Crippen LogP contribution in [0.4, 0.5) is 0 Å². The maximum absolute atomic E-state index is 12.4. The second kappa shape index (κ2) is 48.3. The number of allylic oxidation sites excluding steroid dienone is 1. The third kappa shape index (κ3) is 44.2. The molecule has 2 atom stereocenters. The van der Waals surface area contributed by atoms with Gasteiger partial charge in [-0.25, -0.2) is 0 Å². The largest absolute Gasteiger partial charge is 0.466 e. The quantitative estimate of drug-likeness (QED) is 0.0323. The summed E-state index contributed by atoms with van der Waals surface area (Å²) in [6.45, 7) is 4.86. The third-order valence-corrected chi connectivity index (χ3v) is 12.1. The number of nitrogens with one attached hydrogen (secondary N) is 1. The Labute approximate surface area is 361 Å². The van der Waals surface area contributed by atoms with Crippen LogP contribution < -0.4 is 5.32 Å². The van der Waals surface area contributed by atoms with E-state index < -0.39 is 12.1 Å². The number of hydrogen-bond acceptors (Lipinski definition) is 5. The highest BCUT2D eigenvalue weighted by molar-refractivity contribution is 5.76. The summed E-state index contributed by atoms with van der Waals surface area (Å²) < 4.78 is 5.47. The summed E-state index contributed by atoms with van der Waals surface area (Å²) in [5, 5.41) is 22.9. The fourth-order valence-electron chi connectivity index (χ4n) is 8.05. The molecule has 0 aromatic rings. The number of esters is 1. The molecule has 0 aromatic heterocycles. The van der Waals surface area contributed by atoms with Crippen LogP contribution in [0, 0.1) is 0 Å². The first-order valence-corrected chi connectivity index (χ1v) is 26.0. The molecule has 0 bridgehead atoms. The van der Waals surface area contributed by atoms with Crippen LogP contribution in [0.25, 0.3) is 0 Å². The Morgan fingerprint density at radius 1 is 0.466 bits per heavy atom. The van der Waals surface area contributed by atoms with E-state index >= 15 is 0 Å². The summed E-state index contributed by atoms with van der Waals surface area (Å²) in [6, 6.07) is -0.636. The zero-order valence-electron chi connectivity index (χ0n) is 39.0. The predicted molar refractivity (Wildman–Crippen MR) is 250 cm³/mol. The molecule has 0 spiro atoms. The Hall–Kier alpha value is -1.40. The molecule has 0 fully saturated rings. The average Bonchev–Trinajstić information content (AvgIpc) is 3.22. The molecule has 58 heavy (non-hydrogen) atoms. The molecule has 0 aliphatic heterocycles. The zero-order chi connectivity index (χ0) is 42.3. The van der Waals surface area contributed by atoms with E-state index in [-0.39, 0.29) is 18.5 Å². The summed E-state index contributed by atoms with van der Waals surface area (Å²) in [5.41, 5.74) is 0. The topological polar surface area (TPSA) is 95.9 Å². The fraction of sp³-hybridized carbons (Fsp3) is 0.923. The van der Waals surface area contributed by atoms with Crippen LogP contribution in [-0.2, 0) is 14.3 Å². The summed E-state index contributed by atoms with van der Waals surface area (Å²) in [7, 11) is 0. The van der Waals surface area contributed by atoms with Gasteiger partial charge in [0.05, 0.1) is 25.4 Å². The van der Waals surface area contributed by atoms with Gasteiger partial charge in [0.2, 0.25) is 5.91 Å². The molecule has 344 valence electrons. The van der Waals surface area contributed by atoms with Crippen molar-refractivity contribution in [2.24, 2.45) is 0 Å². The molecule has 0 aliphatic rings. The first-order chi connectivity index (χ1) is 28.5. The number of ether oxygens (including phenoxy) is 1. The van der Waals surface area contributed by atoms with Gasteiger partial charge in [-0.1, -0.05) is 251 Å². The van der Waals surface area contributed by atoms with Gasteiger partial charge in [-0.2, -0.15) is 0 Å². The summed E-state index contributed by atoms with van der Waals surface area (Å²) >= 11 is 0. The zero-order valence-corrected chi connectivity index (χ0v) is 39.0. The Kier molecular flexibility index (Phi) is 47.1. The second-order valence-electron chi connectivity index (χ2n) is 17.9. The molecular weight excluding hydrogens is 719 g/mol. The summed E-state index contributed by atoms with van der Waals surface area (Å²) in [6.07, 6.45) is 55.0. The predicted octanol–water partition coefficient (Wildman–Crippen LogP) is 15.3. The first kappa shape index (κ1) is 56.6. The third-order valence-electron chi connectivity index (χ3n) is 12.1. The van der Waals surface area contributed by atoms with Gasteiger partial charge in [0.1, 0.15) is 0 Å². The highest BCUT2D eigenvalue weighted by Crippen LogP contribution is 2.16. The van der Waals surface area contributed by atoms with Crippen LogP contribution in [0.5, 0.6) is 0 Å². The van der Waals surface area contributed by atoms with Gasteiger partial charge in [-0.15, -0.1) is 0 Å². The van der Waals surface area contributed by atoms with Gasteiger partial charge >= 0.3 is 5.97 Å². The van der Waals surface area contributed by atoms with Gasteiger partial charge in [0.25, 0.3) is 0 Å². The Morgan fingerprint density at radius 2 is 0.793 bits per heavy atom. The highest BCUT2D eigenvalue weighted by Gasteiger charge is 2.18. The number of unbranched alkanes of at least 4 members (excludes halogenated alkanes) is 37. The Balaban J connectivity index is 3.42. The van der Waals surface area contributed by atoms with Crippen molar-refractivity contribution in [2.75, 3.05) is 13.2 Å². The van der Waals surface area contributed by atoms with E-state index in [2.05, 4.69) is 19.2 Å². The lowest BCUT2D eigenvalue weighted by Gasteiger charge is -2.20. The van der Waals surface area contributed by atoms with E-state index in [4.69, 9.17) is 4.74 Å². The number of aliphatic hydroxyl groups excluding tert-OH is 2. The SMILES string of the molecule is CCCCCCCCCC/C=C/C(O)C(CO)NC(=O)CCCCCCCCCCCCCCOC(=O)CCCCCCCCCCCCCCCCCCCCC. The van der Waals surface area contributed by atoms with Gasteiger partial charge < -0.3 is 20.3 Å². The van der Waals surface area contributed by atoms with Crippen LogP contribution in [0.15, 0.2) is 12.2 Å². The Bertz CT molecular complexity index is 863. The van der Waals surface area contributed by atoms with E-state index in [0.29, 0.717) is 19.4 Å². The number of carbonyl (C=O) groups is 2. The van der Waals surface area contributed by atoms with Gasteiger partial charge in [-0.05, 0) is 32.1 Å². The van der Waals surface area contributed by atoms with E-state index in [1.165, 1.54) is 199 Å². The minimum Gasteiger partial charge on any atom is -0.466 e. The van der Waals surface area contributed by atoms with E-state index in [0.717, 1.165) is 57.8 Å². The standard InChI is InChI=1S/C52H101NO5/c1-3-5-7-9-11-13-15-16-17-18-19-20-21-22-26-30-34-38-42-46-52(57)58-47-43-39-35-31-27-24-23-25-29-33-37-41-45-51(56)53-49(48-54)50(55)44-40-36-32-28-14-12-10-8-6-4-2/h40,44,49-50,54-55H,3-39,41-43,45-48H2,1-2H3,(H,53,56)/b44-40+. The summed E-state index contributed by atoms with van der Waals surface area (Å²) in [4.78, 5) is 24.4. The number of hydrogen-bond donors (Lipinski definition) is 3. The average molecular weight is 820 g/mol. The molecule has 2 unspecified atom stereocenters. The van der Waals surface area contributed by atoms with Crippen molar-refractivity contribution in [3.05, 3.63) is 12.2 Å². The lowest BCUT2D eigenvalue weighted by atomic mass is 10.0. The first-order valence-electron chi connectivity index (χ1n) is 26.0. The monoisotopic (exact) mass is 820 g/mol. The maximum Gasteiger partial charge on any atom is 0.305 e. The molecule has 0 rings (SSSR count). The molecule has 0 saturated heterocycles. The minimum absolute atomic E-state index is 0.00639. The molecule has 3 N–H and O–H groups in total. The summed E-state index contributed by atoms with van der Waals surface area (Å²) in [5.74, 6) is -0.0909. The van der Waals surface area contributed by atoms with Crippen LogP contribution in [0.2, 0.25) is 0 Å². The van der Waals surface area contributed by atoms with Crippen molar-refractivity contribution in [1.29, 1.82) is 0 Å². The molecule has 0 radical (unpaired) electrons. The lowest BCUT2D eigenvalue weighted by Crippen LogP contribution is -2.45. The van der Waals surface area contributed by atoms with E-state index in [1.54, 1.807) is 6.08 Å². The molecule has 0 saturated carbocycles. The molecule has 0 aliphatic carbocycles. The normalized spacial score (nSPS) is 12.7. The van der Waals surface area contributed by atoms with E-state index in [9.17, 15) is 19.8 Å². The molecule has 6 nitrogen and oxygen atoms in total. The van der Waals surface area contributed by atoms with Gasteiger partial charge in [0.15, 0.2) is 0 Å². The minimum atomic E-state index is -0.851. The number of rotatable bonds is 48. The molecule has 0 heterocycles. The van der Waals surface area contributed by atoms with Crippen molar-refractivity contribution in [3.63, 3.8) is 0 Å². The number of aliphatic hydroxyl groups is 2. The maximum atomic E-state index is 12.4. The van der Waals surface area contributed by atoms with Crippen molar-refractivity contribution in [3.8, 4) is 0 Å². The molecule has 1 amide bonds. The fourth-order valence-corrected chi connectivity index (χ4v) is 8.05. The van der Waals surface area contributed by atoms with Crippen molar-refractivity contribution in [2.45, 2.75) is 296 Å². The van der Waals surface area contributed by atoms with Crippen LogP contribution in [-0.4, -0.2) is 47.4 Å². The molecule has 0 aromatic carbocycles. The number of amides is 1. The van der Waals surface area contributed by atoms with E-state index in [1.807, 2.05) is 6.08 Å². The van der Waals surface area contributed by atoms with Crippen LogP contribution in [0.1, 0.15) is 284 Å². The van der Waals surface area contributed by atoms with Gasteiger partial charge in [0, 0.05) is 12.8 Å². The van der Waals surface area contributed by atoms with Crippen LogP contribution in [0.3, 0.4) is 0 Å². The Morgan fingerprint density at radius 3 is 1.17 bits per heavy atom. The number of carbonyl (C=O) groups excluding carboxylic acids is 2. The highest BCUT2D eigenvalue weighted by atomic mass is 16.5. The molecular formula is C52H101NO5.